The highest BCUT2D eigenvalue weighted by molar-refractivity contribution is 6.12. The number of nitrogens with one attached hydrogen (secondary N) is 1. The summed E-state index contributed by atoms with van der Waals surface area (Å²) >= 11 is 0. The second-order valence-electron chi connectivity index (χ2n) is 4.33. The van der Waals surface area contributed by atoms with Gasteiger partial charge in [0.25, 0.3) is 0 Å². The summed E-state index contributed by atoms with van der Waals surface area (Å²) in [6.45, 7) is 0. The highest BCUT2D eigenvalue weighted by atomic mass is 19.1. The van der Waals surface area contributed by atoms with Gasteiger partial charge in [-0.2, -0.15) is 5.26 Å². The molecule has 2 aromatic rings. The fourth-order valence-corrected chi connectivity index (χ4v) is 1.75. The summed E-state index contributed by atoms with van der Waals surface area (Å²) in [4.78, 5) is 0. The van der Waals surface area contributed by atoms with Crippen molar-refractivity contribution in [1.29, 1.82) is 10.7 Å². The van der Waals surface area contributed by atoms with Crippen molar-refractivity contribution in [2.45, 2.75) is 0 Å². The van der Waals surface area contributed by atoms with Crippen LogP contribution in [0.3, 0.4) is 0 Å². The minimum absolute atomic E-state index is 0.0355. The van der Waals surface area contributed by atoms with Gasteiger partial charge in [0, 0.05) is 11.3 Å². The zero-order valence-electron chi connectivity index (χ0n) is 10.9. The number of nitriles is 1. The second-order valence-corrected chi connectivity index (χ2v) is 4.33. The molecule has 0 aliphatic heterocycles. The Morgan fingerprint density at radius 1 is 1.19 bits per heavy atom. The standard InChI is InChI=1S/C16H11F2N3/c17-12-4-1-10(2-5-12)3-6-15(20)13-7-11(9-19)14(18)8-16(13)21/h1-8,20H,21H2/b6-3+,20-15?. The lowest BCUT2D eigenvalue weighted by atomic mass is 10.0. The molecule has 5 heteroatoms. The van der Waals surface area contributed by atoms with E-state index in [1.54, 1.807) is 24.3 Å². The highest BCUT2D eigenvalue weighted by Gasteiger charge is 2.09. The molecule has 3 N–H and O–H groups in total. The third kappa shape index (κ3) is 3.31. The smallest absolute Gasteiger partial charge is 0.143 e. The van der Waals surface area contributed by atoms with Crippen LogP contribution in [0.1, 0.15) is 16.7 Å². The third-order valence-electron chi connectivity index (χ3n) is 2.86. The largest absolute Gasteiger partial charge is 0.398 e. The number of hydrogen-bond acceptors (Lipinski definition) is 3. The lowest BCUT2D eigenvalue weighted by Gasteiger charge is -2.05. The van der Waals surface area contributed by atoms with E-state index >= 15 is 0 Å². The van der Waals surface area contributed by atoms with Crippen LogP contribution < -0.4 is 5.73 Å². The molecule has 0 heterocycles. The Bertz CT molecular complexity index is 756. The predicted molar refractivity (Wildman–Crippen MR) is 77.8 cm³/mol. The molecule has 0 spiro atoms. The van der Waals surface area contributed by atoms with E-state index in [0.717, 1.165) is 6.07 Å². The third-order valence-corrected chi connectivity index (χ3v) is 2.86. The van der Waals surface area contributed by atoms with Crippen LogP contribution in [0.15, 0.2) is 42.5 Å². The van der Waals surface area contributed by atoms with Crippen LogP contribution in [-0.2, 0) is 0 Å². The van der Waals surface area contributed by atoms with Gasteiger partial charge in [0.2, 0.25) is 0 Å². The van der Waals surface area contributed by atoms with Gasteiger partial charge in [-0.1, -0.05) is 18.2 Å². The monoisotopic (exact) mass is 283 g/mol. The van der Waals surface area contributed by atoms with E-state index < -0.39 is 5.82 Å². The number of benzene rings is 2. The lowest BCUT2D eigenvalue weighted by Crippen LogP contribution is -2.03. The minimum atomic E-state index is -0.714. The van der Waals surface area contributed by atoms with Crippen LogP contribution in [-0.4, -0.2) is 5.71 Å². The first-order valence-corrected chi connectivity index (χ1v) is 6.03. The molecular weight excluding hydrogens is 272 g/mol. The lowest BCUT2D eigenvalue weighted by molar-refractivity contribution is 0.624. The summed E-state index contributed by atoms with van der Waals surface area (Å²) in [6.07, 6.45) is 3.06. The Hall–Kier alpha value is -3.00. The Kier molecular flexibility index (Phi) is 4.10. The molecule has 3 nitrogen and oxygen atoms in total. The van der Waals surface area contributed by atoms with E-state index in [1.165, 1.54) is 24.3 Å². The molecule has 0 atom stereocenters. The van der Waals surface area contributed by atoms with E-state index in [9.17, 15) is 8.78 Å². The Morgan fingerprint density at radius 2 is 1.86 bits per heavy atom. The van der Waals surface area contributed by atoms with Crippen molar-refractivity contribution in [3.05, 3.63) is 70.8 Å². The van der Waals surface area contributed by atoms with Crippen molar-refractivity contribution in [2.24, 2.45) is 0 Å². The molecule has 0 aromatic heterocycles. The number of nitrogen functional groups attached to an aromatic ring is 1. The van der Waals surface area contributed by atoms with Crippen LogP contribution in [0.2, 0.25) is 0 Å². The van der Waals surface area contributed by atoms with Gasteiger partial charge in [0.1, 0.15) is 17.7 Å². The van der Waals surface area contributed by atoms with E-state index in [2.05, 4.69) is 0 Å². The number of allylic oxidation sites excluding steroid dienone is 1. The Labute approximate surface area is 120 Å². The van der Waals surface area contributed by atoms with Gasteiger partial charge in [0.05, 0.1) is 11.3 Å². The van der Waals surface area contributed by atoms with Gasteiger partial charge < -0.3 is 11.1 Å². The first-order chi connectivity index (χ1) is 10.0. The summed E-state index contributed by atoms with van der Waals surface area (Å²) in [5, 5.41) is 16.7. The highest BCUT2D eigenvalue weighted by Crippen LogP contribution is 2.19. The van der Waals surface area contributed by atoms with Crippen molar-refractivity contribution in [2.75, 3.05) is 5.73 Å². The molecule has 0 radical (unpaired) electrons. The van der Waals surface area contributed by atoms with Crippen molar-refractivity contribution in [1.82, 2.24) is 0 Å². The van der Waals surface area contributed by atoms with E-state index in [0.29, 0.717) is 5.56 Å². The van der Waals surface area contributed by atoms with Crippen LogP contribution in [0.5, 0.6) is 0 Å². The van der Waals surface area contributed by atoms with Crippen LogP contribution in [0.25, 0.3) is 6.08 Å². The van der Waals surface area contributed by atoms with Gasteiger partial charge in [-0.15, -0.1) is 0 Å². The van der Waals surface area contributed by atoms with Crippen LogP contribution in [0.4, 0.5) is 14.5 Å². The zero-order valence-corrected chi connectivity index (χ0v) is 10.9. The number of rotatable bonds is 3. The molecule has 0 aliphatic rings. The Balaban J connectivity index is 2.28. The molecule has 0 amide bonds. The minimum Gasteiger partial charge on any atom is -0.398 e. The second kappa shape index (κ2) is 5.97. The summed E-state index contributed by atoms with van der Waals surface area (Å²) in [6, 6.07) is 9.71. The average molecular weight is 283 g/mol. The molecule has 2 rings (SSSR count). The summed E-state index contributed by atoms with van der Waals surface area (Å²) < 4.78 is 26.1. The van der Waals surface area contributed by atoms with E-state index in [4.69, 9.17) is 16.4 Å². The summed E-state index contributed by atoms with van der Waals surface area (Å²) in [5.41, 5.74) is 6.59. The molecule has 2 aromatic carbocycles. The van der Waals surface area contributed by atoms with Crippen molar-refractivity contribution in [3.8, 4) is 6.07 Å². The van der Waals surface area contributed by atoms with E-state index in [-0.39, 0.29) is 28.3 Å². The molecule has 0 aliphatic carbocycles. The summed E-state index contributed by atoms with van der Waals surface area (Å²) in [7, 11) is 0. The number of anilines is 1. The molecule has 0 fully saturated rings. The van der Waals surface area contributed by atoms with Gasteiger partial charge in [-0.3, -0.25) is 0 Å². The SMILES string of the molecule is N#Cc1cc(C(=N)/C=C/c2ccc(F)cc2)c(N)cc1F. The summed E-state index contributed by atoms with van der Waals surface area (Å²) in [5.74, 6) is -1.06. The van der Waals surface area contributed by atoms with E-state index in [1.807, 2.05) is 0 Å². The van der Waals surface area contributed by atoms with Gasteiger partial charge in [-0.05, 0) is 35.9 Å². The first kappa shape index (κ1) is 14.4. The zero-order chi connectivity index (χ0) is 15.4. The normalized spacial score (nSPS) is 10.5. The number of nitrogens with zero attached hydrogens (tertiary/aromatic N) is 1. The fourth-order valence-electron chi connectivity index (χ4n) is 1.75. The molecule has 0 saturated heterocycles. The maximum atomic E-state index is 13.4. The van der Waals surface area contributed by atoms with Gasteiger partial charge >= 0.3 is 0 Å². The molecule has 0 saturated carbocycles. The number of hydrogen-bond donors (Lipinski definition) is 2. The quantitative estimate of drug-likeness (QED) is 0.668. The Morgan fingerprint density at radius 3 is 2.48 bits per heavy atom. The van der Waals surface area contributed by atoms with Crippen molar-refractivity contribution >= 4 is 17.5 Å². The predicted octanol–water partition coefficient (Wildman–Crippen LogP) is 3.50. The number of halogens is 2. The van der Waals surface area contributed by atoms with Crippen molar-refractivity contribution in [3.63, 3.8) is 0 Å². The van der Waals surface area contributed by atoms with Gasteiger partial charge in [-0.25, -0.2) is 8.78 Å². The maximum Gasteiger partial charge on any atom is 0.143 e. The molecule has 21 heavy (non-hydrogen) atoms. The van der Waals surface area contributed by atoms with Crippen molar-refractivity contribution < 1.29 is 8.78 Å². The maximum absolute atomic E-state index is 13.4. The average Bonchev–Trinajstić information content (AvgIpc) is 2.46. The molecule has 0 bridgehead atoms. The topological polar surface area (TPSA) is 73.7 Å². The fraction of sp³-hybridized carbons (Fsp3) is 0. The van der Waals surface area contributed by atoms with Gasteiger partial charge in [0.15, 0.2) is 0 Å². The molecule has 0 unspecified atom stereocenters. The number of nitrogens with two attached hydrogens (primary N) is 1. The molecule has 104 valence electrons. The van der Waals surface area contributed by atoms with Crippen LogP contribution >= 0.6 is 0 Å². The molecular formula is C16H11F2N3. The first-order valence-electron chi connectivity index (χ1n) is 6.03. The van der Waals surface area contributed by atoms with Crippen LogP contribution in [0, 0.1) is 28.4 Å².